The van der Waals surface area contributed by atoms with Gasteiger partial charge in [-0.25, -0.2) is 0 Å². The van der Waals surface area contributed by atoms with E-state index in [1.807, 2.05) is 12.1 Å². The number of hydrogen-bond acceptors (Lipinski definition) is 2. The van der Waals surface area contributed by atoms with E-state index in [-0.39, 0.29) is 0 Å². The number of phenols is 1. The van der Waals surface area contributed by atoms with E-state index in [1.54, 1.807) is 0 Å². The Morgan fingerprint density at radius 3 is 2.57 bits per heavy atom. The summed E-state index contributed by atoms with van der Waals surface area (Å²) >= 11 is 0. The van der Waals surface area contributed by atoms with E-state index in [2.05, 4.69) is 11.4 Å². The SMILES string of the molecule is Oc1ccc2c(c1)CCC(NCC1CCCCC1)C2CC1CC1. The Balaban J connectivity index is 1.45. The second-order valence-corrected chi connectivity index (χ2v) is 8.23. The molecule has 126 valence electrons. The zero-order valence-corrected chi connectivity index (χ0v) is 14.3. The molecule has 0 radical (unpaired) electrons. The number of aromatic hydroxyl groups is 1. The summed E-state index contributed by atoms with van der Waals surface area (Å²) in [4.78, 5) is 0. The van der Waals surface area contributed by atoms with Gasteiger partial charge in [0.15, 0.2) is 0 Å². The molecule has 2 fully saturated rings. The van der Waals surface area contributed by atoms with E-state index in [1.165, 1.54) is 75.5 Å². The summed E-state index contributed by atoms with van der Waals surface area (Å²) in [5.74, 6) is 2.96. The van der Waals surface area contributed by atoms with Crippen LogP contribution in [-0.2, 0) is 6.42 Å². The maximum atomic E-state index is 9.79. The van der Waals surface area contributed by atoms with Crippen LogP contribution >= 0.6 is 0 Å². The number of aryl methyl sites for hydroxylation is 1. The smallest absolute Gasteiger partial charge is 0.115 e. The Morgan fingerprint density at radius 1 is 0.957 bits per heavy atom. The highest BCUT2D eigenvalue weighted by Gasteiger charge is 2.34. The van der Waals surface area contributed by atoms with Crippen molar-refractivity contribution >= 4 is 0 Å². The van der Waals surface area contributed by atoms with Crippen LogP contribution in [0.25, 0.3) is 0 Å². The third-order valence-corrected chi connectivity index (χ3v) is 6.41. The van der Waals surface area contributed by atoms with Crippen LogP contribution in [0.1, 0.15) is 74.8 Å². The molecule has 2 nitrogen and oxygen atoms in total. The Morgan fingerprint density at radius 2 is 1.78 bits per heavy atom. The largest absolute Gasteiger partial charge is 0.508 e. The number of hydrogen-bond donors (Lipinski definition) is 2. The number of phenolic OH excluding ortho intramolecular Hbond substituents is 1. The van der Waals surface area contributed by atoms with Gasteiger partial charge in [0.1, 0.15) is 5.75 Å². The fourth-order valence-electron chi connectivity index (χ4n) is 4.86. The van der Waals surface area contributed by atoms with Crippen LogP contribution in [0.15, 0.2) is 18.2 Å². The van der Waals surface area contributed by atoms with Crippen molar-refractivity contribution in [2.75, 3.05) is 6.54 Å². The Kier molecular flexibility index (Phi) is 4.61. The van der Waals surface area contributed by atoms with Gasteiger partial charge in [-0.15, -0.1) is 0 Å². The average Bonchev–Trinajstić information content (AvgIpc) is 3.39. The van der Waals surface area contributed by atoms with Gasteiger partial charge >= 0.3 is 0 Å². The highest BCUT2D eigenvalue weighted by atomic mass is 16.3. The van der Waals surface area contributed by atoms with Crippen LogP contribution in [0.2, 0.25) is 0 Å². The Labute approximate surface area is 140 Å². The summed E-state index contributed by atoms with van der Waals surface area (Å²) in [6.45, 7) is 1.22. The predicted octanol–water partition coefficient (Wildman–Crippen LogP) is 4.76. The Bertz CT molecular complexity index is 531. The first-order valence-corrected chi connectivity index (χ1v) is 9.85. The molecule has 0 aliphatic heterocycles. The number of benzene rings is 1. The minimum absolute atomic E-state index is 0.433. The minimum Gasteiger partial charge on any atom is -0.508 e. The summed E-state index contributed by atoms with van der Waals surface area (Å²) in [6.07, 6.45) is 13.7. The van der Waals surface area contributed by atoms with Crippen LogP contribution in [0.4, 0.5) is 0 Å². The van der Waals surface area contributed by atoms with Crippen LogP contribution in [0.3, 0.4) is 0 Å². The Hall–Kier alpha value is -1.02. The maximum absolute atomic E-state index is 9.79. The molecule has 4 rings (SSSR count). The summed E-state index contributed by atoms with van der Waals surface area (Å²) < 4.78 is 0. The quantitative estimate of drug-likeness (QED) is 0.821. The minimum atomic E-state index is 0.433. The first kappa shape index (κ1) is 15.5. The molecule has 2 heteroatoms. The van der Waals surface area contributed by atoms with Gasteiger partial charge in [-0.2, -0.15) is 0 Å². The highest BCUT2D eigenvalue weighted by molar-refractivity contribution is 5.40. The fraction of sp³-hybridized carbons (Fsp3) is 0.714. The van der Waals surface area contributed by atoms with E-state index in [0.717, 1.165) is 18.3 Å². The molecule has 23 heavy (non-hydrogen) atoms. The molecule has 1 aromatic carbocycles. The van der Waals surface area contributed by atoms with Crippen LogP contribution in [-0.4, -0.2) is 17.7 Å². The van der Waals surface area contributed by atoms with Gasteiger partial charge in [-0.05, 0) is 79.7 Å². The van der Waals surface area contributed by atoms with Crippen molar-refractivity contribution < 1.29 is 5.11 Å². The molecule has 0 spiro atoms. The van der Waals surface area contributed by atoms with Gasteiger partial charge in [0, 0.05) is 6.04 Å². The molecule has 0 aromatic heterocycles. The lowest BCUT2D eigenvalue weighted by molar-refractivity contribution is 0.294. The third kappa shape index (κ3) is 3.74. The van der Waals surface area contributed by atoms with Gasteiger partial charge in [-0.1, -0.05) is 38.2 Å². The second kappa shape index (κ2) is 6.84. The summed E-state index contributed by atoms with van der Waals surface area (Å²) in [7, 11) is 0. The van der Waals surface area contributed by atoms with Crippen molar-refractivity contribution in [2.45, 2.75) is 76.2 Å². The molecule has 1 aromatic rings. The van der Waals surface area contributed by atoms with Gasteiger partial charge in [0.25, 0.3) is 0 Å². The molecular weight excluding hydrogens is 282 g/mol. The molecule has 3 aliphatic rings. The number of nitrogens with one attached hydrogen (secondary N) is 1. The predicted molar refractivity (Wildman–Crippen MR) is 94.9 cm³/mol. The van der Waals surface area contributed by atoms with Crippen LogP contribution in [0.5, 0.6) is 5.75 Å². The molecule has 2 N–H and O–H groups in total. The molecule has 0 bridgehead atoms. The zero-order chi connectivity index (χ0) is 15.6. The lowest BCUT2D eigenvalue weighted by atomic mass is 9.76. The second-order valence-electron chi connectivity index (χ2n) is 8.23. The summed E-state index contributed by atoms with van der Waals surface area (Å²) in [5.41, 5.74) is 2.91. The lowest BCUT2D eigenvalue weighted by Crippen LogP contribution is -2.41. The maximum Gasteiger partial charge on any atom is 0.115 e. The normalized spacial score (nSPS) is 28.5. The van der Waals surface area contributed by atoms with E-state index in [9.17, 15) is 5.11 Å². The van der Waals surface area contributed by atoms with Crippen molar-refractivity contribution in [3.05, 3.63) is 29.3 Å². The average molecular weight is 313 g/mol. The van der Waals surface area contributed by atoms with Crippen molar-refractivity contribution in [3.8, 4) is 5.75 Å². The number of rotatable bonds is 5. The summed E-state index contributed by atoms with van der Waals surface area (Å²) in [6, 6.07) is 6.75. The van der Waals surface area contributed by atoms with E-state index in [0.29, 0.717) is 17.7 Å². The van der Waals surface area contributed by atoms with Crippen molar-refractivity contribution in [2.24, 2.45) is 11.8 Å². The summed E-state index contributed by atoms with van der Waals surface area (Å²) in [5, 5.41) is 13.8. The van der Waals surface area contributed by atoms with Gasteiger partial charge in [0.2, 0.25) is 0 Å². The van der Waals surface area contributed by atoms with E-state index >= 15 is 0 Å². The van der Waals surface area contributed by atoms with Crippen LogP contribution in [0, 0.1) is 11.8 Å². The monoisotopic (exact) mass is 313 g/mol. The first-order valence-electron chi connectivity index (χ1n) is 9.85. The topological polar surface area (TPSA) is 32.3 Å². The molecule has 0 saturated heterocycles. The van der Waals surface area contributed by atoms with Gasteiger partial charge in [-0.3, -0.25) is 0 Å². The van der Waals surface area contributed by atoms with Crippen molar-refractivity contribution in [1.29, 1.82) is 0 Å². The fourth-order valence-corrected chi connectivity index (χ4v) is 4.86. The number of fused-ring (bicyclic) bond motifs is 1. The molecular formula is C21H31NO. The van der Waals surface area contributed by atoms with Gasteiger partial charge < -0.3 is 10.4 Å². The van der Waals surface area contributed by atoms with Crippen LogP contribution < -0.4 is 5.32 Å². The van der Waals surface area contributed by atoms with E-state index in [4.69, 9.17) is 0 Å². The van der Waals surface area contributed by atoms with Gasteiger partial charge in [0.05, 0.1) is 0 Å². The third-order valence-electron chi connectivity index (χ3n) is 6.41. The standard InChI is InChI=1S/C21H31NO/c23-18-9-10-19-17(13-18)8-11-21(20(19)12-15-6-7-15)22-14-16-4-2-1-3-5-16/h9-10,13,15-16,20-23H,1-8,11-12,14H2. The molecule has 2 atom stereocenters. The molecule has 3 aliphatic carbocycles. The highest BCUT2D eigenvalue weighted by Crippen LogP contribution is 2.44. The molecule has 2 unspecified atom stereocenters. The zero-order valence-electron chi connectivity index (χ0n) is 14.3. The van der Waals surface area contributed by atoms with E-state index < -0.39 is 0 Å². The van der Waals surface area contributed by atoms with Crippen molar-refractivity contribution in [3.63, 3.8) is 0 Å². The lowest BCUT2D eigenvalue weighted by Gasteiger charge is -2.36. The molecule has 2 saturated carbocycles. The first-order chi connectivity index (χ1) is 11.3. The molecule has 0 amide bonds. The molecule has 0 heterocycles. The van der Waals surface area contributed by atoms with Crippen molar-refractivity contribution in [1.82, 2.24) is 5.32 Å².